The zero-order valence-corrected chi connectivity index (χ0v) is 12.0. The van der Waals surface area contributed by atoms with Crippen LogP contribution < -0.4 is 21.3 Å². The fourth-order valence-corrected chi connectivity index (χ4v) is 1.60. The van der Waals surface area contributed by atoms with Crippen molar-refractivity contribution in [3.63, 3.8) is 0 Å². The van der Waals surface area contributed by atoms with Crippen molar-refractivity contribution in [2.45, 2.75) is 26.9 Å². The van der Waals surface area contributed by atoms with Gasteiger partial charge in [-0.3, -0.25) is 5.43 Å². The van der Waals surface area contributed by atoms with Gasteiger partial charge in [0.1, 0.15) is 5.82 Å². The van der Waals surface area contributed by atoms with Crippen LogP contribution in [-0.2, 0) is 0 Å². The number of aromatic nitrogens is 3. The molecule has 0 aliphatic carbocycles. The molecule has 0 aliphatic heterocycles. The highest BCUT2D eigenvalue weighted by Gasteiger charge is 2.10. The normalized spacial score (nSPS) is 10.6. The summed E-state index contributed by atoms with van der Waals surface area (Å²) in [6, 6.07) is 4.79. The summed E-state index contributed by atoms with van der Waals surface area (Å²) in [6.07, 6.45) is -0.110. The molecular weight excluding hydrogens is 275 g/mol. The van der Waals surface area contributed by atoms with Crippen LogP contribution in [-0.4, -0.2) is 21.1 Å². The number of hydrogen-bond acceptors (Lipinski definition) is 7. The van der Waals surface area contributed by atoms with Gasteiger partial charge in [-0.05, 0) is 38.5 Å². The van der Waals surface area contributed by atoms with Crippen molar-refractivity contribution in [1.29, 1.82) is 0 Å². The number of benzene rings is 1. The summed E-state index contributed by atoms with van der Waals surface area (Å²) in [7, 11) is 0. The number of nitrogens with one attached hydrogen (secondary N) is 2. The minimum absolute atomic E-state index is 0.100. The van der Waals surface area contributed by atoms with Gasteiger partial charge >= 0.3 is 6.01 Å². The van der Waals surface area contributed by atoms with Crippen molar-refractivity contribution in [1.82, 2.24) is 15.0 Å². The first kappa shape index (κ1) is 14.9. The molecule has 1 aromatic heterocycles. The lowest BCUT2D eigenvalue weighted by atomic mass is 10.2. The van der Waals surface area contributed by atoms with Gasteiger partial charge in [0.15, 0.2) is 0 Å². The maximum Gasteiger partial charge on any atom is 0.323 e. The smallest absolute Gasteiger partial charge is 0.323 e. The molecule has 7 nitrogen and oxygen atoms in total. The van der Waals surface area contributed by atoms with Crippen LogP contribution in [0.25, 0.3) is 0 Å². The Morgan fingerprint density at radius 3 is 2.57 bits per heavy atom. The molecule has 0 spiro atoms. The van der Waals surface area contributed by atoms with E-state index in [-0.39, 0.29) is 29.7 Å². The lowest BCUT2D eigenvalue weighted by Crippen LogP contribution is -2.15. The van der Waals surface area contributed by atoms with Gasteiger partial charge in [-0.2, -0.15) is 15.0 Å². The van der Waals surface area contributed by atoms with E-state index in [2.05, 4.69) is 25.7 Å². The van der Waals surface area contributed by atoms with E-state index in [4.69, 9.17) is 10.6 Å². The molecule has 112 valence electrons. The molecule has 0 saturated carbocycles. The van der Waals surface area contributed by atoms with Crippen LogP contribution in [0.1, 0.15) is 19.4 Å². The first-order valence-electron chi connectivity index (χ1n) is 6.40. The maximum atomic E-state index is 13.7. The largest absolute Gasteiger partial charge is 0.461 e. The van der Waals surface area contributed by atoms with Gasteiger partial charge in [0.2, 0.25) is 11.9 Å². The number of ether oxygens (including phenoxy) is 1. The maximum absolute atomic E-state index is 13.7. The number of nitrogens with zero attached hydrogens (tertiary/aromatic N) is 3. The quantitative estimate of drug-likeness (QED) is 0.573. The number of anilines is 3. The Balaban J connectivity index is 2.32. The van der Waals surface area contributed by atoms with Gasteiger partial charge in [0, 0.05) is 0 Å². The number of nitrogen functional groups attached to an aromatic ring is 1. The summed E-state index contributed by atoms with van der Waals surface area (Å²) >= 11 is 0. The molecule has 0 atom stereocenters. The Hall–Kier alpha value is -2.48. The van der Waals surface area contributed by atoms with E-state index in [0.717, 1.165) is 5.56 Å². The second-order valence-electron chi connectivity index (χ2n) is 4.68. The summed E-state index contributed by atoms with van der Waals surface area (Å²) in [4.78, 5) is 12.0. The van der Waals surface area contributed by atoms with Crippen LogP contribution in [0.3, 0.4) is 0 Å². The molecule has 2 rings (SSSR count). The average Bonchev–Trinajstić information content (AvgIpc) is 2.42. The molecule has 21 heavy (non-hydrogen) atoms. The lowest BCUT2D eigenvalue weighted by molar-refractivity contribution is 0.222. The van der Waals surface area contributed by atoms with Crippen molar-refractivity contribution in [3.8, 4) is 6.01 Å². The zero-order valence-electron chi connectivity index (χ0n) is 12.0. The van der Waals surface area contributed by atoms with Crippen LogP contribution in [0.15, 0.2) is 18.2 Å². The van der Waals surface area contributed by atoms with Gasteiger partial charge in [0.25, 0.3) is 0 Å². The molecule has 0 radical (unpaired) electrons. The molecule has 0 bridgehead atoms. The van der Waals surface area contributed by atoms with E-state index >= 15 is 0 Å². The molecule has 0 aliphatic rings. The second-order valence-corrected chi connectivity index (χ2v) is 4.68. The molecule has 0 unspecified atom stereocenters. The molecule has 0 fully saturated rings. The van der Waals surface area contributed by atoms with Crippen LogP contribution in [0.2, 0.25) is 0 Å². The Morgan fingerprint density at radius 1 is 1.19 bits per heavy atom. The Morgan fingerprint density at radius 2 is 1.90 bits per heavy atom. The van der Waals surface area contributed by atoms with Crippen molar-refractivity contribution >= 4 is 17.6 Å². The fraction of sp³-hybridized carbons (Fsp3) is 0.308. The predicted molar refractivity (Wildman–Crippen MR) is 77.8 cm³/mol. The third-order valence-electron chi connectivity index (χ3n) is 2.45. The monoisotopic (exact) mass is 292 g/mol. The summed E-state index contributed by atoms with van der Waals surface area (Å²) in [5.41, 5.74) is 3.49. The molecule has 1 heterocycles. The zero-order chi connectivity index (χ0) is 15.4. The number of nitrogens with two attached hydrogens (primary N) is 1. The van der Waals surface area contributed by atoms with Crippen molar-refractivity contribution in [2.24, 2.45) is 5.84 Å². The molecular formula is C13H17FN6O. The summed E-state index contributed by atoms with van der Waals surface area (Å²) in [5, 5.41) is 2.79. The number of rotatable bonds is 5. The first-order valence-corrected chi connectivity index (χ1v) is 6.40. The predicted octanol–water partition coefficient (Wildman–Crippen LogP) is 2.14. The minimum Gasteiger partial charge on any atom is -0.461 e. The minimum atomic E-state index is -0.408. The Labute approximate surface area is 121 Å². The fourth-order valence-electron chi connectivity index (χ4n) is 1.60. The van der Waals surface area contributed by atoms with Crippen molar-refractivity contribution in [2.75, 3.05) is 10.7 Å². The number of aryl methyl sites for hydroxylation is 1. The second kappa shape index (κ2) is 6.31. The van der Waals surface area contributed by atoms with Gasteiger partial charge in [-0.15, -0.1) is 0 Å². The highest BCUT2D eigenvalue weighted by atomic mass is 19.1. The van der Waals surface area contributed by atoms with Gasteiger partial charge in [0.05, 0.1) is 11.8 Å². The topological polar surface area (TPSA) is 98.0 Å². The van der Waals surface area contributed by atoms with Gasteiger partial charge < -0.3 is 10.1 Å². The number of halogens is 1. The Bertz CT molecular complexity index is 634. The SMILES string of the molecule is Cc1ccc(F)c(Nc2nc(NN)nc(OC(C)C)n2)c1. The third-order valence-corrected chi connectivity index (χ3v) is 2.45. The molecule has 2 aromatic rings. The summed E-state index contributed by atoms with van der Waals surface area (Å²) < 4.78 is 19.1. The standard InChI is InChI=1S/C13H17FN6O/c1-7(2)21-13-18-11(17-12(19-13)20-15)16-10-6-8(3)4-5-9(10)14/h4-7H,15H2,1-3H3,(H2,16,17,18,19,20). The van der Waals surface area contributed by atoms with Crippen LogP contribution in [0.4, 0.5) is 22.0 Å². The van der Waals surface area contributed by atoms with Gasteiger partial charge in [-0.25, -0.2) is 10.2 Å². The van der Waals surface area contributed by atoms with Crippen LogP contribution in [0.5, 0.6) is 6.01 Å². The van der Waals surface area contributed by atoms with E-state index in [9.17, 15) is 4.39 Å². The molecule has 8 heteroatoms. The Kier molecular flexibility index (Phi) is 4.49. The third kappa shape index (κ3) is 3.99. The molecule has 0 amide bonds. The van der Waals surface area contributed by atoms with E-state index in [0.29, 0.717) is 0 Å². The van der Waals surface area contributed by atoms with E-state index in [1.807, 2.05) is 20.8 Å². The highest BCUT2D eigenvalue weighted by Crippen LogP contribution is 2.21. The molecule has 4 N–H and O–H groups in total. The summed E-state index contributed by atoms with van der Waals surface area (Å²) in [6.45, 7) is 5.54. The van der Waals surface area contributed by atoms with Crippen LogP contribution >= 0.6 is 0 Å². The molecule has 1 aromatic carbocycles. The average molecular weight is 292 g/mol. The van der Waals surface area contributed by atoms with E-state index in [1.54, 1.807) is 12.1 Å². The van der Waals surface area contributed by atoms with E-state index in [1.165, 1.54) is 6.07 Å². The van der Waals surface area contributed by atoms with Gasteiger partial charge in [-0.1, -0.05) is 6.07 Å². The highest BCUT2D eigenvalue weighted by molar-refractivity contribution is 5.56. The lowest BCUT2D eigenvalue weighted by Gasteiger charge is -2.11. The van der Waals surface area contributed by atoms with Crippen molar-refractivity contribution in [3.05, 3.63) is 29.6 Å². The first-order chi connectivity index (χ1) is 9.97. The summed E-state index contributed by atoms with van der Waals surface area (Å²) in [5.74, 6) is 5.16. The number of hydrazine groups is 1. The molecule has 0 saturated heterocycles. The van der Waals surface area contributed by atoms with Crippen molar-refractivity contribution < 1.29 is 9.13 Å². The number of hydrogen-bond donors (Lipinski definition) is 3. The van der Waals surface area contributed by atoms with Crippen LogP contribution in [0, 0.1) is 12.7 Å². The van der Waals surface area contributed by atoms with E-state index < -0.39 is 5.82 Å².